The van der Waals surface area contributed by atoms with E-state index >= 15 is 0 Å². The molecule has 186 valence electrons. The van der Waals surface area contributed by atoms with E-state index in [0.717, 1.165) is 38.5 Å². The Morgan fingerprint density at radius 1 is 1.09 bits per heavy atom. The number of nitrogens with zero attached hydrogens (tertiary/aromatic N) is 2. The smallest absolute Gasteiger partial charge is 0.257 e. The zero-order valence-electron chi connectivity index (χ0n) is 20.0. The van der Waals surface area contributed by atoms with Gasteiger partial charge in [0.05, 0.1) is 5.56 Å². The highest BCUT2D eigenvalue weighted by Gasteiger charge is 2.41. The molecular formula is C25H35FN4O4. The largest absolute Gasteiger partial charge is 0.473 e. The molecule has 3 aliphatic rings. The maximum absolute atomic E-state index is 14.6. The van der Waals surface area contributed by atoms with Crippen LogP contribution in [0.3, 0.4) is 0 Å². The summed E-state index contributed by atoms with van der Waals surface area (Å²) in [6.45, 7) is 5.66. The number of carbonyl (C=O) groups is 3. The van der Waals surface area contributed by atoms with Gasteiger partial charge in [-0.25, -0.2) is 4.39 Å². The first kappa shape index (κ1) is 24.4. The number of piperazine rings is 1. The van der Waals surface area contributed by atoms with Crippen molar-refractivity contribution < 1.29 is 23.5 Å². The zero-order valence-corrected chi connectivity index (χ0v) is 20.0. The van der Waals surface area contributed by atoms with Crippen LogP contribution in [0.5, 0.6) is 5.75 Å². The van der Waals surface area contributed by atoms with Crippen molar-refractivity contribution in [3.63, 3.8) is 0 Å². The Bertz CT molecular complexity index is 914. The van der Waals surface area contributed by atoms with Gasteiger partial charge in [-0.3, -0.25) is 19.8 Å². The predicted octanol–water partition coefficient (Wildman–Crippen LogP) is 2.69. The molecule has 1 saturated carbocycles. The molecule has 3 atom stereocenters. The summed E-state index contributed by atoms with van der Waals surface area (Å²) in [6, 6.07) is 4.19. The van der Waals surface area contributed by atoms with Crippen molar-refractivity contribution in [1.29, 1.82) is 0 Å². The highest BCUT2D eigenvalue weighted by atomic mass is 19.1. The molecule has 1 aliphatic carbocycles. The van der Waals surface area contributed by atoms with Gasteiger partial charge in [-0.05, 0) is 43.9 Å². The van der Waals surface area contributed by atoms with Gasteiger partial charge in [0, 0.05) is 43.9 Å². The van der Waals surface area contributed by atoms with Gasteiger partial charge in [0.1, 0.15) is 11.6 Å². The van der Waals surface area contributed by atoms with Gasteiger partial charge >= 0.3 is 0 Å². The number of benzene rings is 1. The first-order valence-electron chi connectivity index (χ1n) is 12.5. The fourth-order valence-electron chi connectivity index (χ4n) is 5.39. The Balaban J connectivity index is 1.41. The first-order valence-corrected chi connectivity index (χ1v) is 12.5. The third-order valence-electron chi connectivity index (χ3n) is 7.53. The van der Waals surface area contributed by atoms with Crippen LogP contribution in [0, 0.1) is 23.6 Å². The van der Waals surface area contributed by atoms with Crippen LogP contribution in [0.1, 0.15) is 62.7 Å². The summed E-state index contributed by atoms with van der Waals surface area (Å²) in [5.41, 5.74) is 5.57. The Morgan fingerprint density at radius 2 is 1.76 bits per heavy atom. The summed E-state index contributed by atoms with van der Waals surface area (Å²) >= 11 is 0. The molecule has 3 unspecified atom stereocenters. The normalized spacial score (nSPS) is 25.1. The zero-order chi connectivity index (χ0) is 24.2. The Hall–Kier alpha value is -2.68. The summed E-state index contributed by atoms with van der Waals surface area (Å²) in [5, 5.41) is 0. The average molecular weight is 475 g/mol. The maximum atomic E-state index is 14.6. The molecule has 1 aromatic rings. The molecule has 34 heavy (non-hydrogen) atoms. The number of hydrogen-bond donors (Lipinski definition) is 2. The van der Waals surface area contributed by atoms with E-state index < -0.39 is 18.0 Å². The molecule has 4 rings (SSSR count). The van der Waals surface area contributed by atoms with E-state index in [9.17, 15) is 18.8 Å². The average Bonchev–Trinajstić information content (AvgIpc) is 2.87. The highest BCUT2D eigenvalue weighted by molar-refractivity contribution is 5.95. The van der Waals surface area contributed by atoms with Crippen molar-refractivity contribution in [2.24, 2.45) is 17.8 Å². The number of amides is 3. The molecule has 0 bridgehead atoms. The summed E-state index contributed by atoms with van der Waals surface area (Å²) < 4.78 is 20.7. The van der Waals surface area contributed by atoms with Crippen LogP contribution in [0.25, 0.3) is 0 Å². The minimum absolute atomic E-state index is 0.00969. The Kier molecular flexibility index (Phi) is 7.70. The van der Waals surface area contributed by atoms with E-state index in [1.165, 1.54) is 18.2 Å². The second-order valence-electron chi connectivity index (χ2n) is 9.50. The second-order valence-corrected chi connectivity index (χ2v) is 9.50. The first-order chi connectivity index (χ1) is 16.4. The van der Waals surface area contributed by atoms with E-state index in [1.54, 1.807) is 9.80 Å². The second kappa shape index (κ2) is 10.7. The van der Waals surface area contributed by atoms with Crippen LogP contribution in [0.2, 0.25) is 0 Å². The predicted molar refractivity (Wildman–Crippen MR) is 124 cm³/mol. The molecule has 2 heterocycles. The monoisotopic (exact) mass is 474 g/mol. The maximum Gasteiger partial charge on any atom is 0.257 e. The molecular weight excluding hydrogens is 439 g/mol. The van der Waals surface area contributed by atoms with Crippen LogP contribution in [-0.2, 0) is 9.59 Å². The molecule has 8 nitrogen and oxygen atoms in total. The van der Waals surface area contributed by atoms with Crippen LogP contribution in [-0.4, -0.2) is 59.9 Å². The molecule has 3 amide bonds. The number of nitrogens with one attached hydrogen (secondary N) is 2. The fraction of sp³-hybridized carbons (Fsp3) is 0.640. The van der Waals surface area contributed by atoms with Crippen molar-refractivity contribution in [3.8, 4) is 5.75 Å². The number of carbonyl (C=O) groups excluding carboxylic acids is 3. The van der Waals surface area contributed by atoms with E-state index in [2.05, 4.69) is 10.9 Å². The number of fused-ring (bicyclic) bond motifs is 1. The highest BCUT2D eigenvalue weighted by Crippen LogP contribution is 2.35. The molecule has 2 aliphatic heterocycles. The minimum Gasteiger partial charge on any atom is -0.473 e. The number of rotatable bonds is 6. The van der Waals surface area contributed by atoms with Crippen molar-refractivity contribution in [2.75, 3.05) is 26.2 Å². The van der Waals surface area contributed by atoms with Crippen LogP contribution < -0.4 is 15.6 Å². The lowest BCUT2D eigenvalue weighted by Crippen LogP contribution is -2.61. The lowest BCUT2D eigenvalue weighted by molar-refractivity contribution is -0.138. The van der Waals surface area contributed by atoms with Gasteiger partial charge in [-0.15, -0.1) is 0 Å². The van der Waals surface area contributed by atoms with Crippen molar-refractivity contribution in [1.82, 2.24) is 20.7 Å². The quantitative estimate of drug-likeness (QED) is 0.662. The van der Waals surface area contributed by atoms with Gasteiger partial charge in [-0.2, -0.15) is 5.43 Å². The molecule has 2 N–H and O–H groups in total. The minimum atomic E-state index is -0.603. The van der Waals surface area contributed by atoms with E-state index in [1.807, 2.05) is 13.8 Å². The van der Waals surface area contributed by atoms with Crippen LogP contribution in [0.4, 0.5) is 4.39 Å². The van der Waals surface area contributed by atoms with E-state index in [0.29, 0.717) is 31.9 Å². The summed E-state index contributed by atoms with van der Waals surface area (Å²) in [7, 11) is 0. The Morgan fingerprint density at radius 3 is 2.47 bits per heavy atom. The molecule has 0 radical (unpaired) electrons. The van der Waals surface area contributed by atoms with Crippen molar-refractivity contribution in [2.45, 2.75) is 58.6 Å². The van der Waals surface area contributed by atoms with Gasteiger partial charge in [0.2, 0.25) is 11.8 Å². The summed E-state index contributed by atoms with van der Waals surface area (Å²) in [6.07, 6.45) is 4.93. The van der Waals surface area contributed by atoms with E-state index in [-0.39, 0.29) is 35.1 Å². The summed E-state index contributed by atoms with van der Waals surface area (Å²) in [5.74, 6) is -0.562. The molecule has 9 heteroatoms. The third-order valence-corrected chi connectivity index (χ3v) is 7.53. The van der Waals surface area contributed by atoms with Crippen LogP contribution in [0.15, 0.2) is 18.2 Å². The standard InChI is InChI=1S/C25H35FN4O4/c1-3-16(4-2)24(32)29-11-13-30(14-12-29)25(33)20-15-17(9-10-21(20)26)34-23-19-8-6-5-7-18(19)22(31)27-28-23/h9-10,15-16,18-19,23,28H,3-8,11-14H2,1-2H3,(H,27,31). The number of ether oxygens (including phenoxy) is 1. The summed E-state index contributed by atoms with van der Waals surface area (Å²) in [4.78, 5) is 41.3. The molecule has 0 spiro atoms. The molecule has 2 saturated heterocycles. The topological polar surface area (TPSA) is 91.0 Å². The van der Waals surface area contributed by atoms with Gasteiger partial charge in [0.15, 0.2) is 6.23 Å². The molecule has 1 aromatic carbocycles. The third kappa shape index (κ3) is 5.04. The molecule has 3 fully saturated rings. The van der Waals surface area contributed by atoms with Crippen LogP contribution >= 0.6 is 0 Å². The number of halogens is 1. The fourth-order valence-corrected chi connectivity index (χ4v) is 5.39. The Labute approximate surface area is 200 Å². The van der Waals surface area contributed by atoms with Gasteiger partial charge < -0.3 is 14.5 Å². The number of hydrogen-bond acceptors (Lipinski definition) is 5. The van der Waals surface area contributed by atoms with E-state index in [4.69, 9.17) is 4.74 Å². The van der Waals surface area contributed by atoms with Crippen molar-refractivity contribution in [3.05, 3.63) is 29.6 Å². The van der Waals surface area contributed by atoms with Gasteiger partial charge in [0.25, 0.3) is 5.91 Å². The number of hydrazine groups is 1. The van der Waals surface area contributed by atoms with Crippen molar-refractivity contribution >= 4 is 17.7 Å². The molecule has 0 aromatic heterocycles. The lowest BCUT2D eigenvalue weighted by atomic mass is 9.77. The van der Waals surface area contributed by atoms with Gasteiger partial charge in [-0.1, -0.05) is 26.7 Å². The SMILES string of the molecule is CCC(CC)C(=O)N1CCN(C(=O)c2cc(OC3NNC(=O)C4CCCCC34)ccc2F)CC1. The lowest BCUT2D eigenvalue weighted by Gasteiger charge is -2.40.